The van der Waals surface area contributed by atoms with Crippen LogP contribution in [0.3, 0.4) is 0 Å². The van der Waals surface area contributed by atoms with Crippen LogP contribution in [0, 0.1) is 0 Å². The molecule has 0 aromatic heterocycles. The molecular formula is C28H28P2. The predicted octanol–water partition coefficient (Wildman–Crippen LogP) is 7.00. The van der Waals surface area contributed by atoms with Crippen LogP contribution in [0.2, 0.25) is 0 Å². The molecule has 0 radical (unpaired) electrons. The molecule has 0 aliphatic rings. The van der Waals surface area contributed by atoms with Crippen LogP contribution in [0.15, 0.2) is 121 Å². The zero-order chi connectivity index (χ0) is 20.4. The van der Waals surface area contributed by atoms with Gasteiger partial charge in [0.2, 0.25) is 0 Å². The second kappa shape index (κ2) is 11.2. The fraction of sp³-hybridized carbons (Fsp3) is 0.143. The van der Waals surface area contributed by atoms with Crippen LogP contribution in [-0.4, -0.2) is 12.3 Å². The van der Waals surface area contributed by atoms with E-state index in [1.165, 1.54) is 46.4 Å². The van der Waals surface area contributed by atoms with Crippen LogP contribution in [0.1, 0.15) is 11.1 Å². The second-order valence-electron chi connectivity index (χ2n) is 7.49. The third-order valence-electron chi connectivity index (χ3n) is 5.32. The van der Waals surface area contributed by atoms with E-state index in [9.17, 15) is 0 Å². The minimum atomic E-state index is -0.213. The normalized spacial score (nSPS) is 12.9. The topological polar surface area (TPSA) is 0 Å². The van der Waals surface area contributed by atoms with Gasteiger partial charge in [0.15, 0.2) is 0 Å². The van der Waals surface area contributed by atoms with Gasteiger partial charge in [-0.3, -0.25) is 0 Å². The van der Waals surface area contributed by atoms with Crippen molar-refractivity contribution in [1.29, 1.82) is 0 Å². The Morgan fingerprint density at radius 3 is 1.00 bits per heavy atom. The van der Waals surface area contributed by atoms with Gasteiger partial charge in [0.25, 0.3) is 0 Å². The average molecular weight is 426 g/mol. The lowest BCUT2D eigenvalue weighted by Gasteiger charge is -2.23. The molecule has 0 spiro atoms. The summed E-state index contributed by atoms with van der Waals surface area (Å²) < 4.78 is 0. The molecular weight excluding hydrogens is 398 g/mol. The van der Waals surface area contributed by atoms with E-state index in [1.54, 1.807) is 0 Å². The Labute approximate surface area is 183 Å². The summed E-state index contributed by atoms with van der Waals surface area (Å²) in [5.74, 6) is 0. The van der Waals surface area contributed by atoms with E-state index in [0.29, 0.717) is 0 Å². The second-order valence-corrected chi connectivity index (χ2v) is 12.2. The predicted molar refractivity (Wildman–Crippen MR) is 136 cm³/mol. The van der Waals surface area contributed by atoms with Crippen molar-refractivity contribution in [2.45, 2.75) is 12.3 Å². The van der Waals surface area contributed by atoms with Gasteiger partial charge in [-0.1, -0.05) is 137 Å². The van der Waals surface area contributed by atoms with Crippen LogP contribution in [0.5, 0.6) is 0 Å². The minimum absolute atomic E-state index is 0.213. The minimum Gasteiger partial charge on any atom is -0.0705 e. The molecule has 0 N–H and O–H groups in total. The van der Waals surface area contributed by atoms with Crippen LogP contribution in [-0.2, 0) is 12.3 Å². The van der Waals surface area contributed by atoms with Gasteiger partial charge >= 0.3 is 0 Å². The molecule has 0 saturated carbocycles. The Hall–Kier alpha value is -2.26. The summed E-state index contributed by atoms with van der Waals surface area (Å²) in [7, 11) is -0.427. The van der Waals surface area contributed by atoms with Gasteiger partial charge in [-0.15, -0.1) is 0 Å². The summed E-state index contributed by atoms with van der Waals surface area (Å²) in [6.45, 7) is 0. The molecule has 0 nitrogen and oxygen atoms in total. The lowest BCUT2D eigenvalue weighted by atomic mass is 10.2. The summed E-state index contributed by atoms with van der Waals surface area (Å²) in [6, 6.07) is 44.4. The first-order valence-electron chi connectivity index (χ1n) is 10.6. The van der Waals surface area contributed by atoms with Crippen molar-refractivity contribution >= 4 is 26.5 Å². The number of rotatable bonds is 9. The third kappa shape index (κ3) is 6.12. The van der Waals surface area contributed by atoms with Crippen molar-refractivity contribution in [2.24, 2.45) is 0 Å². The van der Waals surface area contributed by atoms with E-state index < -0.39 is 0 Å². The first-order chi connectivity index (χ1) is 14.9. The largest absolute Gasteiger partial charge is 0.0705 e. The molecule has 30 heavy (non-hydrogen) atoms. The Balaban J connectivity index is 1.54. The molecule has 0 fully saturated rings. The lowest BCUT2D eigenvalue weighted by molar-refractivity contribution is 1.34. The maximum atomic E-state index is 2.33. The zero-order valence-corrected chi connectivity index (χ0v) is 19.1. The van der Waals surface area contributed by atoms with Gasteiger partial charge in [-0.2, -0.15) is 0 Å². The third-order valence-corrected chi connectivity index (χ3v) is 10.7. The Morgan fingerprint density at radius 1 is 0.367 bits per heavy atom. The fourth-order valence-electron chi connectivity index (χ4n) is 3.73. The van der Waals surface area contributed by atoms with Crippen molar-refractivity contribution in [2.75, 3.05) is 12.3 Å². The van der Waals surface area contributed by atoms with E-state index in [4.69, 9.17) is 0 Å². The van der Waals surface area contributed by atoms with E-state index in [1.807, 2.05) is 0 Å². The van der Waals surface area contributed by atoms with Crippen molar-refractivity contribution in [3.8, 4) is 0 Å². The molecule has 2 heteroatoms. The average Bonchev–Trinajstić information content (AvgIpc) is 2.83. The van der Waals surface area contributed by atoms with Gasteiger partial charge in [-0.25, -0.2) is 0 Å². The maximum absolute atomic E-state index is 2.33. The van der Waals surface area contributed by atoms with Crippen LogP contribution < -0.4 is 10.6 Å². The monoisotopic (exact) mass is 426 g/mol. The van der Waals surface area contributed by atoms with Crippen LogP contribution >= 0.6 is 15.8 Å². The van der Waals surface area contributed by atoms with Gasteiger partial charge in [0.1, 0.15) is 0 Å². The van der Waals surface area contributed by atoms with Gasteiger partial charge in [0.05, 0.1) is 0 Å². The highest BCUT2D eigenvalue weighted by Crippen LogP contribution is 2.45. The van der Waals surface area contributed by atoms with Crippen LogP contribution in [0.25, 0.3) is 0 Å². The quantitative estimate of drug-likeness (QED) is 0.253. The molecule has 0 bridgehead atoms. The zero-order valence-electron chi connectivity index (χ0n) is 17.3. The molecule has 0 saturated heterocycles. The van der Waals surface area contributed by atoms with Crippen molar-refractivity contribution in [3.63, 3.8) is 0 Å². The highest BCUT2D eigenvalue weighted by Gasteiger charge is 2.17. The molecule has 4 rings (SSSR count). The van der Waals surface area contributed by atoms with E-state index in [0.717, 1.165) is 0 Å². The molecule has 0 aliphatic heterocycles. The molecule has 2 atom stereocenters. The molecule has 0 aliphatic carbocycles. The first-order valence-corrected chi connectivity index (χ1v) is 14.0. The summed E-state index contributed by atoms with van der Waals surface area (Å²) in [5, 5.41) is 3.05. The SMILES string of the molecule is c1ccc(CP(CC[P@@](Cc2ccccc2)c2ccccc2)c2ccccc2)cc1. The first kappa shape index (κ1) is 21.0. The summed E-state index contributed by atoms with van der Waals surface area (Å²) in [5.41, 5.74) is 2.92. The van der Waals surface area contributed by atoms with Gasteiger partial charge in [-0.05, 0) is 46.4 Å². The van der Waals surface area contributed by atoms with E-state index in [-0.39, 0.29) is 15.8 Å². The van der Waals surface area contributed by atoms with Crippen molar-refractivity contribution in [1.82, 2.24) is 0 Å². The maximum Gasteiger partial charge on any atom is -0.00327 e. The lowest BCUT2D eigenvalue weighted by Crippen LogP contribution is -2.11. The molecule has 0 amide bonds. The molecule has 0 heterocycles. The fourth-order valence-corrected chi connectivity index (χ4v) is 9.35. The summed E-state index contributed by atoms with van der Waals surface area (Å²) in [4.78, 5) is 0. The highest BCUT2D eigenvalue weighted by molar-refractivity contribution is 7.68. The Kier molecular flexibility index (Phi) is 7.85. The molecule has 4 aromatic carbocycles. The van der Waals surface area contributed by atoms with E-state index >= 15 is 0 Å². The smallest absolute Gasteiger partial charge is 0.00327 e. The number of benzene rings is 4. The Bertz CT molecular complexity index is 901. The van der Waals surface area contributed by atoms with Gasteiger partial charge < -0.3 is 0 Å². The summed E-state index contributed by atoms with van der Waals surface area (Å²) >= 11 is 0. The van der Waals surface area contributed by atoms with Crippen molar-refractivity contribution < 1.29 is 0 Å². The number of hydrogen-bond acceptors (Lipinski definition) is 0. The molecule has 150 valence electrons. The molecule has 4 aromatic rings. The Morgan fingerprint density at radius 2 is 0.667 bits per heavy atom. The van der Waals surface area contributed by atoms with Crippen molar-refractivity contribution in [3.05, 3.63) is 132 Å². The standard InChI is InChI=1S/C28H28P2/c1-5-13-25(14-6-1)23-29(27-17-9-3-10-18-27)21-22-30(28-19-11-4-12-20-28)24-26-15-7-2-8-16-26/h1-20H,21-24H2/t29-,30?/m0/s1. The molecule has 1 unspecified atom stereocenters. The van der Waals surface area contributed by atoms with Crippen LogP contribution in [0.4, 0.5) is 0 Å². The number of hydrogen-bond donors (Lipinski definition) is 0. The van der Waals surface area contributed by atoms with Gasteiger partial charge in [0, 0.05) is 0 Å². The summed E-state index contributed by atoms with van der Waals surface area (Å²) in [6.07, 6.45) is 4.90. The van der Waals surface area contributed by atoms with E-state index in [2.05, 4.69) is 121 Å². The highest BCUT2D eigenvalue weighted by atomic mass is 31.1.